The van der Waals surface area contributed by atoms with E-state index in [-0.39, 0.29) is 10.6 Å². The highest BCUT2D eigenvalue weighted by molar-refractivity contribution is 6.91. The number of hydrogen-bond donors (Lipinski definition) is 0. The van der Waals surface area contributed by atoms with Crippen molar-refractivity contribution in [1.82, 2.24) is 0 Å². The zero-order chi connectivity index (χ0) is 15.3. The van der Waals surface area contributed by atoms with Gasteiger partial charge < -0.3 is 9.15 Å². The van der Waals surface area contributed by atoms with Gasteiger partial charge in [-0.2, -0.15) is 0 Å². The predicted octanol–water partition coefficient (Wildman–Crippen LogP) is 3.86. The average Bonchev–Trinajstić information content (AvgIpc) is 2.80. The molecule has 1 aromatic rings. The predicted molar refractivity (Wildman–Crippen MR) is 86.8 cm³/mol. The minimum Gasteiger partial charge on any atom is -0.473 e. The summed E-state index contributed by atoms with van der Waals surface area (Å²) in [5.41, 5.74) is 0.979. The van der Waals surface area contributed by atoms with Crippen LogP contribution in [-0.2, 0) is 4.74 Å². The molecule has 3 nitrogen and oxygen atoms in total. The number of aliphatic imine (C=N–C) groups is 1. The second-order valence-electron chi connectivity index (χ2n) is 8.02. The summed E-state index contributed by atoms with van der Waals surface area (Å²) in [5, 5.41) is 1.39. The van der Waals surface area contributed by atoms with Gasteiger partial charge in [0, 0.05) is 5.56 Å². The van der Waals surface area contributed by atoms with Crippen LogP contribution in [0.1, 0.15) is 45.9 Å². The van der Waals surface area contributed by atoms with Crippen molar-refractivity contribution in [3.63, 3.8) is 0 Å². The minimum absolute atomic E-state index is 0.147. The number of nitrogens with zero attached hydrogens (tertiary/aromatic N) is 1. The van der Waals surface area contributed by atoms with Crippen LogP contribution < -0.4 is 5.38 Å². The average molecular weight is 293 g/mol. The molecule has 0 unspecified atom stereocenters. The fraction of sp³-hybridized carbons (Fsp3) is 0.688. The van der Waals surface area contributed by atoms with Crippen molar-refractivity contribution in [3.8, 4) is 0 Å². The van der Waals surface area contributed by atoms with Crippen molar-refractivity contribution < 1.29 is 9.15 Å². The van der Waals surface area contributed by atoms with Crippen LogP contribution in [0.25, 0.3) is 0 Å². The Morgan fingerprint density at radius 3 is 2.30 bits per heavy atom. The van der Waals surface area contributed by atoms with Gasteiger partial charge in [-0.25, -0.2) is 4.99 Å². The van der Waals surface area contributed by atoms with Crippen LogP contribution in [0.4, 0.5) is 0 Å². The molecule has 0 fully saturated rings. The zero-order valence-electron chi connectivity index (χ0n) is 14.0. The molecule has 4 heteroatoms. The topological polar surface area (TPSA) is 34.7 Å². The Kier molecular flexibility index (Phi) is 3.44. The summed E-state index contributed by atoms with van der Waals surface area (Å²) in [6.07, 6.45) is 0. The Morgan fingerprint density at radius 1 is 1.25 bits per heavy atom. The molecule has 2 heterocycles. The van der Waals surface area contributed by atoms with E-state index in [1.807, 2.05) is 0 Å². The zero-order valence-corrected chi connectivity index (χ0v) is 15.0. The van der Waals surface area contributed by atoms with Crippen LogP contribution in [0.2, 0.25) is 18.1 Å². The van der Waals surface area contributed by atoms with E-state index >= 15 is 0 Å². The Labute approximate surface area is 123 Å². The van der Waals surface area contributed by atoms with E-state index in [0.717, 1.165) is 16.7 Å². The highest BCUT2D eigenvalue weighted by Crippen LogP contribution is 2.36. The van der Waals surface area contributed by atoms with Gasteiger partial charge in [-0.05, 0) is 31.9 Å². The number of furan rings is 1. The van der Waals surface area contributed by atoms with Crippen molar-refractivity contribution in [2.75, 3.05) is 6.61 Å². The van der Waals surface area contributed by atoms with Crippen LogP contribution >= 0.6 is 0 Å². The van der Waals surface area contributed by atoms with Crippen molar-refractivity contribution in [3.05, 3.63) is 17.4 Å². The molecule has 20 heavy (non-hydrogen) atoms. The highest BCUT2D eigenvalue weighted by Gasteiger charge is 2.41. The third kappa shape index (κ3) is 2.58. The van der Waals surface area contributed by atoms with E-state index in [1.54, 1.807) is 0 Å². The molecular formula is C16H27NO2Si. The summed E-state index contributed by atoms with van der Waals surface area (Å²) >= 11 is 0. The van der Waals surface area contributed by atoms with Gasteiger partial charge >= 0.3 is 0 Å². The molecule has 0 bridgehead atoms. The van der Waals surface area contributed by atoms with Crippen LogP contribution in [0.15, 0.2) is 15.5 Å². The van der Waals surface area contributed by atoms with Gasteiger partial charge in [0.25, 0.3) is 5.90 Å². The first-order valence-electron chi connectivity index (χ1n) is 7.28. The SMILES string of the molecule is Cc1cc([Si](C)(C)C(C)(C)C)oc1C1=NC(C)(C)CO1. The number of rotatable bonds is 2. The Hall–Kier alpha value is -1.03. The van der Waals surface area contributed by atoms with Gasteiger partial charge in [-0.1, -0.05) is 33.9 Å². The molecule has 2 rings (SSSR count). The first-order valence-corrected chi connectivity index (χ1v) is 10.3. The Balaban J connectivity index is 2.42. The first kappa shape index (κ1) is 15.4. The third-order valence-electron chi connectivity index (χ3n) is 4.57. The summed E-state index contributed by atoms with van der Waals surface area (Å²) in [6, 6.07) is 2.18. The van der Waals surface area contributed by atoms with Crippen LogP contribution in [0.5, 0.6) is 0 Å². The molecule has 1 aromatic heterocycles. The molecule has 0 atom stereocenters. The molecule has 1 aliphatic rings. The summed E-state index contributed by atoms with van der Waals surface area (Å²) in [6.45, 7) is 18.5. The molecule has 0 amide bonds. The van der Waals surface area contributed by atoms with Crippen molar-refractivity contribution in [1.29, 1.82) is 0 Å². The van der Waals surface area contributed by atoms with Gasteiger partial charge in [0.1, 0.15) is 14.7 Å². The summed E-state index contributed by atoms with van der Waals surface area (Å²) < 4.78 is 11.9. The number of aryl methyl sites for hydroxylation is 1. The monoisotopic (exact) mass is 293 g/mol. The van der Waals surface area contributed by atoms with Crippen LogP contribution in [0, 0.1) is 6.92 Å². The lowest BCUT2D eigenvalue weighted by Gasteiger charge is -2.34. The third-order valence-corrected chi connectivity index (χ3v) is 9.80. The molecule has 112 valence electrons. The number of hydrogen-bond acceptors (Lipinski definition) is 3. The van der Waals surface area contributed by atoms with E-state index in [4.69, 9.17) is 9.15 Å². The van der Waals surface area contributed by atoms with Gasteiger partial charge in [0.05, 0.1) is 10.9 Å². The quantitative estimate of drug-likeness (QED) is 0.776. The van der Waals surface area contributed by atoms with Gasteiger partial charge in [0.15, 0.2) is 5.76 Å². The molecule has 0 saturated carbocycles. The van der Waals surface area contributed by atoms with Gasteiger partial charge in [-0.3, -0.25) is 0 Å². The number of ether oxygens (including phenoxy) is 1. The second kappa shape index (κ2) is 4.48. The normalized spacial score (nSPS) is 18.9. The van der Waals surface area contributed by atoms with E-state index < -0.39 is 8.07 Å². The fourth-order valence-electron chi connectivity index (χ4n) is 2.07. The van der Waals surface area contributed by atoms with Gasteiger partial charge in [0.2, 0.25) is 0 Å². The molecule has 0 spiro atoms. The molecule has 0 radical (unpaired) electrons. The summed E-state index contributed by atoms with van der Waals surface area (Å²) in [4.78, 5) is 4.63. The molecular weight excluding hydrogens is 266 g/mol. The summed E-state index contributed by atoms with van der Waals surface area (Å²) in [5.74, 6) is 1.48. The van der Waals surface area contributed by atoms with E-state index in [1.165, 1.54) is 0 Å². The summed E-state index contributed by atoms with van der Waals surface area (Å²) in [7, 11) is -1.66. The van der Waals surface area contributed by atoms with Gasteiger partial charge in [-0.15, -0.1) is 0 Å². The fourth-order valence-corrected chi connectivity index (χ4v) is 3.75. The minimum atomic E-state index is -1.66. The maximum atomic E-state index is 6.19. The standard InChI is InChI=1S/C16H27NO2Si/c1-11-9-12(20(7,8)15(2,3)4)19-13(11)14-17-16(5,6)10-18-14/h9H,10H2,1-8H3. The highest BCUT2D eigenvalue weighted by atomic mass is 28.3. The lowest BCUT2D eigenvalue weighted by atomic mass is 10.1. The maximum Gasteiger partial charge on any atom is 0.254 e. The molecule has 0 aliphatic carbocycles. The lowest BCUT2D eigenvalue weighted by molar-refractivity contribution is 0.275. The van der Waals surface area contributed by atoms with Crippen LogP contribution in [-0.4, -0.2) is 26.1 Å². The lowest BCUT2D eigenvalue weighted by Crippen LogP contribution is -2.48. The van der Waals surface area contributed by atoms with Crippen molar-refractivity contribution >= 4 is 19.4 Å². The first-order chi connectivity index (χ1) is 8.94. The Morgan fingerprint density at radius 2 is 1.85 bits per heavy atom. The van der Waals surface area contributed by atoms with E-state index in [9.17, 15) is 0 Å². The van der Waals surface area contributed by atoms with Crippen molar-refractivity contribution in [2.45, 2.75) is 65.2 Å². The second-order valence-corrected chi connectivity index (χ2v) is 13.3. The Bertz CT molecular complexity index is 547. The van der Waals surface area contributed by atoms with Crippen molar-refractivity contribution in [2.24, 2.45) is 4.99 Å². The smallest absolute Gasteiger partial charge is 0.254 e. The molecule has 0 aromatic carbocycles. The molecule has 0 saturated heterocycles. The van der Waals surface area contributed by atoms with E-state index in [2.05, 4.69) is 65.7 Å². The largest absolute Gasteiger partial charge is 0.473 e. The molecule has 1 aliphatic heterocycles. The maximum absolute atomic E-state index is 6.19. The van der Waals surface area contributed by atoms with E-state index in [0.29, 0.717) is 12.5 Å². The van der Waals surface area contributed by atoms with Crippen LogP contribution in [0.3, 0.4) is 0 Å². The molecule has 0 N–H and O–H groups in total.